The van der Waals surface area contributed by atoms with E-state index in [0.29, 0.717) is 5.02 Å². The van der Waals surface area contributed by atoms with Crippen molar-refractivity contribution in [3.05, 3.63) is 63.1 Å². The van der Waals surface area contributed by atoms with Gasteiger partial charge in [0.1, 0.15) is 0 Å². The fraction of sp³-hybridized carbons (Fsp3) is 0.133. The van der Waals surface area contributed by atoms with Gasteiger partial charge in [0.15, 0.2) is 0 Å². The number of halogens is 2. The van der Waals surface area contributed by atoms with Crippen molar-refractivity contribution in [2.45, 2.75) is 6.04 Å². The Morgan fingerprint density at radius 3 is 2.65 bits per heavy atom. The van der Waals surface area contributed by atoms with Crippen LogP contribution in [0.15, 0.2) is 46.9 Å². The maximum absolute atomic E-state index is 11.8. The summed E-state index contributed by atoms with van der Waals surface area (Å²) >= 11 is 9.42. The fourth-order valence-electron chi connectivity index (χ4n) is 2.34. The Kier molecular flexibility index (Phi) is 3.78. The lowest BCUT2D eigenvalue weighted by Crippen LogP contribution is -2.27. The number of carbonyl (C=O) groups is 1. The number of hydrogen-bond donors (Lipinski definition) is 2. The number of nitrogens with one attached hydrogen (secondary N) is 2. The summed E-state index contributed by atoms with van der Waals surface area (Å²) in [6.45, 7) is 0.277. The number of anilines is 1. The van der Waals surface area contributed by atoms with Gasteiger partial charge >= 0.3 is 0 Å². The van der Waals surface area contributed by atoms with Crippen LogP contribution in [0.3, 0.4) is 0 Å². The standard InChI is InChI=1S/C15H12BrClN2O/c16-10-3-6-13-12(7-10)15(18-8-14(20)19-13)9-1-4-11(17)5-2-9/h1-7,15,18H,8H2,(H,19,20)/t15-/m1/s1. The van der Waals surface area contributed by atoms with E-state index in [-0.39, 0.29) is 18.5 Å². The topological polar surface area (TPSA) is 41.1 Å². The maximum Gasteiger partial charge on any atom is 0.238 e. The van der Waals surface area contributed by atoms with Crippen LogP contribution in [0.2, 0.25) is 5.02 Å². The van der Waals surface area contributed by atoms with Gasteiger partial charge in [-0.05, 0) is 41.5 Å². The largest absolute Gasteiger partial charge is 0.325 e. The molecular formula is C15H12BrClN2O. The van der Waals surface area contributed by atoms with Gasteiger partial charge in [-0.3, -0.25) is 10.1 Å². The molecule has 0 saturated carbocycles. The molecule has 0 radical (unpaired) electrons. The third-order valence-electron chi connectivity index (χ3n) is 3.27. The second kappa shape index (κ2) is 5.56. The monoisotopic (exact) mass is 350 g/mol. The average Bonchev–Trinajstić information content (AvgIpc) is 2.58. The normalized spacial score (nSPS) is 18.1. The summed E-state index contributed by atoms with van der Waals surface area (Å²) < 4.78 is 0.980. The third-order valence-corrected chi connectivity index (χ3v) is 4.01. The Bertz CT molecular complexity index is 657. The van der Waals surface area contributed by atoms with Crippen molar-refractivity contribution in [2.75, 3.05) is 11.9 Å². The van der Waals surface area contributed by atoms with Crippen LogP contribution in [-0.2, 0) is 4.79 Å². The highest BCUT2D eigenvalue weighted by Crippen LogP contribution is 2.32. The van der Waals surface area contributed by atoms with Crippen LogP contribution in [-0.4, -0.2) is 12.5 Å². The molecule has 0 aromatic heterocycles. The minimum absolute atomic E-state index is 0.0370. The summed E-state index contributed by atoms with van der Waals surface area (Å²) in [4.78, 5) is 11.8. The molecule has 1 aliphatic heterocycles. The lowest BCUT2D eigenvalue weighted by atomic mass is 9.97. The first-order valence-corrected chi connectivity index (χ1v) is 7.39. The maximum atomic E-state index is 11.8. The van der Waals surface area contributed by atoms with Gasteiger partial charge in [-0.1, -0.05) is 39.7 Å². The summed E-state index contributed by atoms with van der Waals surface area (Å²) in [5.41, 5.74) is 2.95. The fourth-order valence-corrected chi connectivity index (χ4v) is 2.84. The molecule has 0 aliphatic carbocycles. The van der Waals surface area contributed by atoms with Crippen LogP contribution in [0.1, 0.15) is 17.2 Å². The third kappa shape index (κ3) is 2.73. The molecule has 0 spiro atoms. The first-order chi connectivity index (χ1) is 9.63. The molecule has 3 nitrogen and oxygen atoms in total. The minimum Gasteiger partial charge on any atom is -0.325 e. The second-order valence-corrected chi connectivity index (χ2v) is 6.00. The van der Waals surface area contributed by atoms with E-state index in [1.165, 1.54) is 0 Å². The van der Waals surface area contributed by atoms with Crippen LogP contribution in [0.4, 0.5) is 5.69 Å². The lowest BCUT2D eigenvalue weighted by molar-refractivity contribution is -0.115. The summed E-state index contributed by atoms with van der Waals surface area (Å²) in [5.74, 6) is -0.0370. The Hall–Kier alpha value is -1.36. The smallest absolute Gasteiger partial charge is 0.238 e. The summed E-state index contributed by atoms with van der Waals surface area (Å²) in [6.07, 6.45) is 0. The highest BCUT2D eigenvalue weighted by atomic mass is 79.9. The van der Waals surface area contributed by atoms with Gasteiger partial charge in [0, 0.05) is 15.2 Å². The second-order valence-electron chi connectivity index (χ2n) is 4.65. The van der Waals surface area contributed by atoms with Gasteiger partial charge in [-0.25, -0.2) is 0 Å². The SMILES string of the molecule is O=C1CN[C@H](c2ccc(Cl)cc2)c2cc(Br)ccc2N1. The zero-order valence-electron chi connectivity index (χ0n) is 10.5. The molecular weight excluding hydrogens is 340 g/mol. The van der Waals surface area contributed by atoms with E-state index < -0.39 is 0 Å². The molecule has 2 aromatic rings. The van der Waals surface area contributed by atoms with Crippen molar-refractivity contribution in [2.24, 2.45) is 0 Å². The number of rotatable bonds is 1. The molecule has 2 N–H and O–H groups in total. The quantitative estimate of drug-likeness (QED) is 0.822. The Labute approximate surface area is 130 Å². The van der Waals surface area contributed by atoms with Crippen LogP contribution in [0, 0.1) is 0 Å². The minimum atomic E-state index is -0.0429. The lowest BCUT2D eigenvalue weighted by Gasteiger charge is -2.19. The average molecular weight is 352 g/mol. The van der Waals surface area contributed by atoms with Gasteiger partial charge in [0.05, 0.1) is 12.6 Å². The van der Waals surface area contributed by atoms with Crippen molar-refractivity contribution in [1.82, 2.24) is 5.32 Å². The van der Waals surface area contributed by atoms with E-state index in [4.69, 9.17) is 11.6 Å². The number of carbonyl (C=O) groups excluding carboxylic acids is 1. The van der Waals surface area contributed by atoms with E-state index in [1.807, 2.05) is 42.5 Å². The highest BCUT2D eigenvalue weighted by Gasteiger charge is 2.22. The molecule has 1 atom stereocenters. The van der Waals surface area contributed by atoms with Crippen molar-refractivity contribution >= 4 is 39.1 Å². The number of amides is 1. The van der Waals surface area contributed by atoms with Crippen LogP contribution in [0.5, 0.6) is 0 Å². The molecule has 5 heteroatoms. The first kappa shape index (κ1) is 13.6. The van der Waals surface area contributed by atoms with Crippen molar-refractivity contribution in [3.63, 3.8) is 0 Å². The molecule has 2 aromatic carbocycles. The molecule has 1 heterocycles. The molecule has 0 unspecified atom stereocenters. The van der Waals surface area contributed by atoms with E-state index in [1.54, 1.807) is 0 Å². The molecule has 102 valence electrons. The number of benzene rings is 2. The zero-order chi connectivity index (χ0) is 14.1. The number of fused-ring (bicyclic) bond motifs is 1. The molecule has 0 bridgehead atoms. The summed E-state index contributed by atoms with van der Waals surface area (Å²) in [7, 11) is 0. The van der Waals surface area contributed by atoms with Crippen molar-refractivity contribution in [3.8, 4) is 0 Å². The molecule has 0 saturated heterocycles. The van der Waals surface area contributed by atoms with Gasteiger partial charge in [-0.2, -0.15) is 0 Å². The molecule has 3 rings (SSSR count). The highest BCUT2D eigenvalue weighted by molar-refractivity contribution is 9.10. The zero-order valence-corrected chi connectivity index (χ0v) is 12.8. The molecule has 1 aliphatic rings. The van der Waals surface area contributed by atoms with Crippen LogP contribution in [0.25, 0.3) is 0 Å². The van der Waals surface area contributed by atoms with E-state index in [9.17, 15) is 4.79 Å². The summed E-state index contributed by atoms with van der Waals surface area (Å²) in [5, 5.41) is 6.89. The van der Waals surface area contributed by atoms with E-state index >= 15 is 0 Å². The van der Waals surface area contributed by atoms with Gasteiger partial charge < -0.3 is 5.32 Å². The summed E-state index contributed by atoms with van der Waals surface area (Å²) in [6, 6.07) is 13.5. The first-order valence-electron chi connectivity index (χ1n) is 6.21. The molecule has 20 heavy (non-hydrogen) atoms. The molecule has 0 fully saturated rings. The van der Waals surface area contributed by atoms with Gasteiger partial charge in [-0.15, -0.1) is 0 Å². The van der Waals surface area contributed by atoms with Crippen LogP contribution < -0.4 is 10.6 Å². The van der Waals surface area contributed by atoms with E-state index in [0.717, 1.165) is 21.3 Å². The van der Waals surface area contributed by atoms with Crippen molar-refractivity contribution in [1.29, 1.82) is 0 Å². The van der Waals surface area contributed by atoms with E-state index in [2.05, 4.69) is 26.6 Å². The van der Waals surface area contributed by atoms with Crippen LogP contribution >= 0.6 is 27.5 Å². The predicted octanol–water partition coefficient (Wildman–Crippen LogP) is 3.73. The Morgan fingerprint density at radius 1 is 1.15 bits per heavy atom. The number of hydrogen-bond acceptors (Lipinski definition) is 2. The van der Waals surface area contributed by atoms with Crippen molar-refractivity contribution < 1.29 is 4.79 Å². The Balaban J connectivity index is 2.09. The predicted molar refractivity (Wildman–Crippen MR) is 84.1 cm³/mol. The van der Waals surface area contributed by atoms with Gasteiger partial charge in [0.2, 0.25) is 5.91 Å². The van der Waals surface area contributed by atoms with Gasteiger partial charge in [0.25, 0.3) is 0 Å². The Morgan fingerprint density at radius 2 is 1.90 bits per heavy atom. The molecule has 1 amide bonds.